The molecule has 2 amide bonds. The summed E-state index contributed by atoms with van der Waals surface area (Å²) in [5, 5.41) is 4.65. The zero-order valence-electron chi connectivity index (χ0n) is 7.14. The molecule has 5 nitrogen and oxygen atoms in total. The minimum Gasteiger partial charge on any atom is -0.468 e. The normalized spacial score (nSPS) is 8.50. The quantitative estimate of drug-likeness (QED) is 0.588. The molecule has 5 heteroatoms. The van der Waals surface area contributed by atoms with E-state index in [2.05, 4.69) is 21.9 Å². The zero-order valence-corrected chi connectivity index (χ0v) is 7.14. The van der Waals surface area contributed by atoms with Crippen molar-refractivity contribution in [1.82, 2.24) is 10.6 Å². The molecule has 0 saturated carbocycles. The molecule has 0 aliphatic rings. The molecule has 0 atom stereocenters. The number of rotatable bonds is 3. The minimum absolute atomic E-state index is 0.143. The first-order valence-electron chi connectivity index (χ1n) is 3.33. The Hall–Kier alpha value is -1.52. The molecule has 0 saturated heterocycles. The number of methoxy groups -OCH3 is 1. The molecular weight excluding hydrogens is 160 g/mol. The molecule has 0 fully saturated rings. The Morgan fingerprint density at radius 1 is 1.50 bits per heavy atom. The van der Waals surface area contributed by atoms with Crippen LogP contribution in [0.1, 0.15) is 6.92 Å². The first-order valence-corrected chi connectivity index (χ1v) is 3.33. The van der Waals surface area contributed by atoms with Gasteiger partial charge in [0.05, 0.1) is 7.11 Å². The van der Waals surface area contributed by atoms with Crippen LogP contribution in [-0.4, -0.2) is 25.7 Å². The number of carbonyl (C=O) groups is 2. The predicted octanol–water partition coefficient (Wildman–Crippen LogP) is -0.00780. The van der Waals surface area contributed by atoms with E-state index in [4.69, 9.17) is 0 Å². The Morgan fingerprint density at radius 2 is 2.08 bits per heavy atom. The van der Waals surface area contributed by atoms with Gasteiger partial charge in [-0.1, -0.05) is 6.58 Å². The Kier molecular flexibility index (Phi) is 4.52. The van der Waals surface area contributed by atoms with E-state index in [0.717, 1.165) is 0 Å². The summed E-state index contributed by atoms with van der Waals surface area (Å²) in [5.41, 5.74) is 0.511. The third kappa shape index (κ3) is 5.28. The molecule has 0 aliphatic carbocycles. The van der Waals surface area contributed by atoms with Crippen LogP contribution in [-0.2, 0) is 9.53 Å². The zero-order chi connectivity index (χ0) is 9.56. The SMILES string of the molecule is C=C(C)NC(=O)NCC(=O)OC. The summed E-state index contributed by atoms with van der Waals surface area (Å²) >= 11 is 0. The highest BCUT2D eigenvalue weighted by Gasteiger charge is 2.03. The van der Waals surface area contributed by atoms with E-state index in [-0.39, 0.29) is 6.54 Å². The maximum Gasteiger partial charge on any atom is 0.325 e. The van der Waals surface area contributed by atoms with Crippen LogP contribution in [0.3, 0.4) is 0 Å². The van der Waals surface area contributed by atoms with Gasteiger partial charge in [0, 0.05) is 5.70 Å². The Morgan fingerprint density at radius 3 is 2.50 bits per heavy atom. The third-order valence-electron chi connectivity index (χ3n) is 0.948. The molecule has 12 heavy (non-hydrogen) atoms. The van der Waals surface area contributed by atoms with Gasteiger partial charge in [0.1, 0.15) is 6.54 Å². The van der Waals surface area contributed by atoms with Gasteiger partial charge in [0.25, 0.3) is 0 Å². The fraction of sp³-hybridized carbons (Fsp3) is 0.429. The van der Waals surface area contributed by atoms with Crippen molar-refractivity contribution in [2.75, 3.05) is 13.7 Å². The first kappa shape index (κ1) is 10.5. The van der Waals surface area contributed by atoms with Crippen molar-refractivity contribution in [2.24, 2.45) is 0 Å². The maximum absolute atomic E-state index is 10.8. The Labute approximate surface area is 70.8 Å². The fourth-order valence-corrected chi connectivity index (χ4v) is 0.463. The van der Waals surface area contributed by atoms with E-state index in [9.17, 15) is 9.59 Å². The van der Waals surface area contributed by atoms with Crippen LogP contribution >= 0.6 is 0 Å². The Bertz CT molecular complexity index is 201. The van der Waals surface area contributed by atoms with Crippen molar-refractivity contribution in [3.63, 3.8) is 0 Å². The van der Waals surface area contributed by atoms with Gasteiger partial charge in [0.2, 0.25) is 0 Å². The number of allylic oxidation sites excluding steroid dienone is 1. The largest absolute Gasteiger partial charge is 0.468 e. The lowest BCUT2D eigenvalue weighted by Crippen LogP contribution is -2.37. The molecule has 0 aromatic rings. The van der Waals surface area contributed by atoms with Crippen LogP contribution in [0.15, 0.2) is 12.3 Å². The highest BCUT2D eigenvalue weighted by molar-refractivity contribution is 5.81. The highest BCUT2D eigenvalue weighted by Crippen LogP contribution is 1.77. The van der Waals surface area contributed by atoms with Crippen molar-refractivity contribution in [2.45, 2.75) is 6.92 Å². The summed E-state index contributed by atoms with van der Waals surface area (Å²) in [4.78, 5) is 21.3. The second-order valence-corrected chi connectivity index (χ2v) is 2.16. The molecule has 2 N–H and O–H groups in total. The van der Waals surface area contributed by atoms with Crippen molar-refractivity contribution in [3.8, 4) is 0 Å². The molecule has 0 unspecified atom stereocenters. The molecule has 0 aromatic heterocycles. The molecule has 0 rings (SSSR count). The smallest absolute Gasteiger partial charge is 0.325 e. The predicted molar refractivity (Wildman–Crippen MR) is 43.4 cm³/mol. The van der Waals surface area contributed by atoms with E-state index in [1.807, 2.05) is 0 Å². The van der Waals surface area contributed by atoms with Gasteiger partial charge in [-0.05, 0) is 6.92 Å². The lowest BCUT2D eigenvalue weighted by atomic mass is 10.5. The van der Waals surface area contributed by atoms with Crippen LogP contribution in [0, 0.1) is 0 Å². The molecule has 0 heterocycles. The number of esters is 1. The third-order valence-corrected chi connectivity index (χ3v) is 0.948. The number of hydrogen-bond donors (Lipinski definition) is 2. The van der Waals surface area contributed by atoms with Crippen LogP contribution in [0.4, 0.5) is 4.79 Å². The molecule has 0 aromatic carbocycles. The standard InChI is InChI=1S/C7H12N2O3/c1-5(2)9-7(11)8-4-6(10)12-3/h1,4H2,2-3H3,(H2,8,9,11). The molecule has 0 spiro atoms. The Balaban J connectivity index is 3.57. The number of ether oxygens (including phenoxy) is 1. The van der Waals surface area contributed by atoms with E-state index in [1.165, 1.54) is 7.11 Å². The summed E-state index contributed by atoms with van der Waals surface area (Å²) in [6.45, 7) is 4.95. The van der Waals surface area contributed by atoms with Gasteiger partial charge in [-0.15, -0.1) is 0 Å². The van der Waals surface area contributed by atoms with E-state index in [1.54, 1.807) is 6.92 Å². The van der Waals surface area contributed by atoms with Gasteiger partial charge in [0.15, 0.2) is 0 Å². The summed E-state index contributed by atoms with van der Waals surface area (Å²) in [7, 11) is 1.25. The van der Waals surface area contributed by atoms with Gasteiger partial charge in [-0.25, -0.2) is 4.79 Å². The number of amides is 2. The summed E-state index contributed by atoms with van der Waals surface area (Å²) in [6, 6.07) is -0.465. The molecule has 0 aliphatic heterocycles. The maximum atomic E-state index is 10.8. The van der Waals surface area contributed by atoms with Gasteiger partial charge >= 0.3 is 12.0 Å². The van der Waals surface area contributed by atoms with Crippen LogP contribution in [0.25, 0.3) is 0 Å². The molecule has 0 bridgehead atoms. The average molecular weight is 172 g/mol. The van der Waals surface area contributed by atoms with E-state index < -0.39 is 12.0 Å². The van der Waals surface area contributed by atoms with Crippen LogP contribution in [0.2, 0.25) is 0 Å². The second kappa shape index (κ2) is 5.17. The summed E-state index contributed by atoms with van der Waals surface area (Å²) in [6.07, 6.45) is 0. The summed E-state index contributed by atoms with van der Waals surface area (Å²) in [5.74, 6) is -0.494. The van der Waals surface area contributed by atoms with Gasteiger partial charge < -0.3 is 15.4 Å². The van der Waals surface area contributed by atoms with Crippen LogP contribution in [0.5, 0.6) is 0 Å². The molecule has 0 radical (unpaired) electrons. The van der Waals surface area contributed by atoms with Crippen molar-refractivity contribution in [1.29, 1.82) is 0 Å². The first-order chi connectivity index (χ1) is 5.56. The lowest BCUT2D eigenvalue weighted by Gasteiger charge is -2.04. The number of carbonyl (C=O) groups excluding carboxylic acids is 2. The number of urea groups is 1. The van der Waals surface area contributed by atoms with Crippen molar-refractivity contribution in [3.05, 3.63) is 12.3 Å². The van der Waals surface area contributed by atoms with Gasteiger partial charge in [-0.3, -0.25) is 4.79 Å². The van der Waals surface area contributed by atoms with E-state index in [0.29, 0.717) is 5.70 Å². The number of nitrogens with one attached hydrogen (secondary N) is 2. The minimum atomic E-state index is -0.494. The fourth-order valence-electron chi connectivity index (χ4n) is 0.463. The molecule has 68 valence electrons. The van der Waals surface area contributed by atoms with E-state index >= 15 is 0 Å². The second-order valence-electron chi connectivity index (χ2n) is 2.16. The lowest BCUT2D eigenvalue weighted by molar-refractivity contribution is -0.139. The van der Waals surface area contributed by atoms with Crippen molar-refractivity contribution < 1.29 is 14.3 Å². The van der Waals surface area contributed by atoms with Crippen molar-refractivity contribution >= 4 is 12.0 Å². The molecular formula is C7H12N2O3. The highest BCUT2D eigenvalue weighted by atomic mass is 16.5. The summed E-state index contributed by atoms with van der Waals surface area (Å²) < 4.78 is 4.30. The average Bonchev–Trinajstić information content (AvgIpc) is 1.99. The topological polar surface area (TPSA) is 67.4 Å². The van der Waals surface area contributed by atoms with Gasteiger partial charge in [-0.2, -0.15) is 0 Å². The monoisotopic (exact) mass is 172 g/mol. The number of hydrogen-bond acceptors (Lipinski definition) is 3. The van der Waals surface area contributed by atoms with Crippen LogP contribution < -0.4 is 10.6 Å².